The van der Waals surface area contributed by atoms with Crippen molar-refractivity contribution in [2.45, 2.75) is 12.1 Å². The fourth-order valence-corrected chi connectivity index (χ4v) is 3.22. The molecule has 0 amide bonds. The summed E-state index contributed by atoms with van der Waals surface area (Å²) in [4.78, 5) is 11.6. The van der Waals surface area contributed by atoms with Crippen molar-refractivity contribution in [3.8, 4) is 11.4 Å². The van der Waals surface area contributed by atoms with E-state index in [1.807, 2.05) is 41.0 Å². The largest absolute Gasteiger partial charge is 0.492 e. The van der Waals surface area contributed by atoms with Gasteiger partial charge in [-0.25, -0.2) is 0 Å². The van der Waals surface area contributed by atoms with E-state index < -0.39 is 0 Å². The highest BCUT2D eigenvalue weighted by Gasteiger charge is 2.09. The molecule has 1 heterocycles. The van der Waals surface area contributed by atoms with Gasteiger partial charge in [0, 0.05) is 10.8 Å². The number of Topliss-reactive ketones (excluding diaryl/α,β-unsaturated/α-hetero) is 1. The number of hydrogen-bond acceptors (Lipinski definition) is 5. The minimum absolute atomic E-state index is 0.0102. The lowest BCUT2D eigenvalue weighted by Gasteiger charge is -2.10. The molecule has 0 bridgehead atoms. The molecule has 3 rings (SSSR count). The second-order valence-electron chi connectivity index (χ2n) is 5.21. The van der Waals surface area contributed by atoms with Crippen molar-refractivity contribution >= 4 is 29.1 Å². The molecule has 128 valence electrons. The van der Waals surface area contributed by atoms with Crippen molar-refractivity contribution in [2.75, 3.05) is 12.4 Å². The summed E-state index contributed by atoms with van der Waals surface area (Å²) in [7, 11) is 0. The monoisotopic (exact) mass is 373 g/mol. The van der Waals surface area contributed by atoms with Gasteiger partial charge >= 0.3 is 0 Å². The van der Waals surface area contributed by atoms with E-state index in [1.165, 1.54) is 18.7 Å². The Kier molecular flexibility index (Phi) is 5.73. The summed E-state index contributed by atoms with van der Waals surface area (Å²) in [5.41, 5.74) is 1.50. The van der Waals surface area contributed by atoms with Crippen molar-refractivity contribution in [3.63, 3.8) is 0 Å². The van der Waals surface area contributed by atoms with Crippen LogP contribution in [0.5, 0.6) is 5.75 Å². The number of rotatable bonds is 7. The molecule has 0 saturated heterocycles. The normalized spacial score (nSPS) is 10.6. The number of hydrogen-bond donors (Lipinski definition) is 0. The highest BCUT2D eigenvalue weighted by Crippen LogP contribution is 2.23. The maximum absolute atomic E-state index is 11.6. The highest BCUT2D eigenvalue weighted by atomic mass is 35.5. The molecular weight excluding hydrogens is 358 g/mol. The molecular formula is C18H16ClN3O2S. The summed E-state index contributed by atoms with van der Waals surface area (Å²) >= 11 is 7.56. The Hall–Kier alpha value is -2.31. The van der Waals surface area contributed by atoms with Gasteiger partial charge in [-0.05, 0) is 37.3 Å². The molecule has 0 aliphatic carbocycles. The minimum Gasteiger partial charge on any atom is -0.492 e. The number of para-hydroxylation sites is 1. The molecule has 0 N–H and O–H groups in total. The number of carbonyl (C=O) groups is 1. The third-order valence-electron chi connectivity index (χ3n) is 3.44. The van der Waals surface area contributed by atoms with Crippen molar-refractivity contribution < 1.29 is 9.53 Å². The van der Waals surface area contributed by atoms with E-state index in [4.69, 9.17) is 16.3 Å². The van der Waals surface area contributed by atoms with Gasteiger partial charge < -0.3 is 4.74 Å². The van der Waals surface area contributed by atoms with Crippen LogP contribution >= 0.6 is 23.4 Å². The molecule has 0 fully saturated rings. The summed E-state index contributed by atoms with van der Waals surface area (Å²) in [5.74, 6) is 1.27. The minimum atomic E-state index is -0.0102. The predicted molar refractivity (Wildman–Crippen MR) is 99.0 cm³/mol. The van der Waals surface area contributed by atoms with Gasteiger partial charge in [-0.15, -0.1) is 10.2 Å². The molecule has 0 aliphatic rings. The third-order valence-corrected chi connectivity index (χ3v) is 4.58. The average molecular weight is 374 g/mol. The van der Waals surface area contributed by atoms with Crippen LogP contribution in [-0.4, -0.2) is 32.9 Å². The Morgan fingerprint density at radius 1 is 1.24 bits per heavy atom. The van der Waals surface area contributed by atoms with Crippen LogP contribution in [0.4, 0.5) is 0 Å². The van der Waals surface area contributed by atoms with Crippen LogP contribution in [0, 0.1) is 0 Å². The molecule has 0 unspecified atom stereocenters. The highest BCUT2D eigenvalue weighted by molar-refractivity contribution is 7.99. The van der Waals surface area contributed by atoms with Gasteiger partial charge in [0.2, 0.25) is 0 Å². The van der Waals surface area contributed by atoms with Crippen LogP contribution < -0.4 is 4.74 Å². The summed E-state index contributed by atoms with van der Waals surface area (Å²) < 4.78 is 7.62. The van der Waals surface area contributed by atoms with Gasteiger partial charge in [-0.3, -0.25) is 9.36 Å². The Morgan fingerprint density at radius 3 is 2.88 bits per heavy atom. The lowest BCUT2D eigenvalue weighted by atomic mass is 10.1. The van der Waals surface area contributed by atoms with Crippen molar-refractivity contribution in [3.05, 3.63) is 65.4 Å². The average Bonchev–Trinajstić information content (AvgIpc) is 3.07. The summed E-state index contributed by atoms with van der Waals surface area (Å²) in [6.45, 7) is 1.99. The maximum atomic E-state index is 11.6. The third kappa shape index (κ3) is 4.41. The number of nitrogens with zero attached hydrogens (tertiary/aromatic N) is 3. The first-order chi connectivity index (χ1) is 12.1. The number of ether oxygens (including phenoxy) is 1. The molecule has 2 aromatic carbocycles. The van der Waals surface area contributed by atoms with Crippen molar-refractivity contribution in [1.29, 1.82) is 0 Å². The second-order valence-corrected chi connectivity index (χ2v) is 6.71. The van der Waals surface area contributed by atoms with E-state index >= 15 is 0 Å². The molecule has 3 aromatic rings. The Morgan fingerprint density at radius 2 is 2.08 bits per heavy atom. The standard InChI is InChI=1S/C18H16ClN3O2S/c1-13(23)16-7-2-3-8-17(16)24-9-10-25-18-21-20-12-22(18)15-6-4-5-14(19)11-15/h2-8,11-12H,9-10H2,1H3. The topological polar surface area (TPSA) is 57.0 Å². The predicted octanol–water partition coefficient (Wildman–Crippen LogP) is 4.29. The van der Waals surface area contributed by atoms with Gasteiger partial charge in [0.05, 0.1) is 17.9 Å². The van der Waals surface area contributed by atoms with Crippen LogP contribution in [0.2, 0.25) is 5.02 Å². The van der Waals surface area contributed by atoms with Crippen LogP contribution in [0.1, 0.15) is 17.3 Å². The van der Waals surface area contributed by atoms with Gasteiger partial charge in [0.15, 0.2) is 10.9 Å². The molecule has 0 saturated carbocycles. The van der Waals surface area contributed by atoms with Gasteiger partial charge in [0.1, 0.15) is 12.1 Å². The van der Waals surface area contributed by atoms with E-state index in [2.05, 4.69) is 10.2 Å². The van der Waals surface area contributed by atoms with E-state index in [-0.39, 0.29) is 5.78 Å². The molecule has 5 nitrogen and oxygen atoms in total. The summed E-state index contributed by atoms with van der Waals surface area (Å²) in [5, 5.41) is 9.52. The maximum Gasteiger partial charge on any atom is 0.195 e. The van der Waals surface area contributed by atoms with E-state index in [1.54, 1.807) is 18.5 Å². The first-order valence-corrected chi connectivity index (χ1v) is 9.03. The zero-order valence-corrected chi connectivity index (χ0v) is 15.1. The number of thioether (sulfide) groups is 1. The molecule has 7 heteroatoms. The molecule has 0 aliphatic heterocycles. The molecule has 0 spiro atoms. The molecule has 0 radical (unpaired) electrons. The Bertz CT molecular complexity index is 882. The molecule has 1 aromatic heterocycles. The summed E-state index contributed by atoms with van der Waals surface area (Å²) in [6.07, 6.45) is 1.65. The van der Waals surface area contributed by atoms with Crippen molar-refractivity contribution in [1.82, 2.24) is 14.8 Å². The van der Waals surface area contributed by atoms with Gasteiger partial charge in [-0.2, -0.15) is 0 Å². The Balaban J connectivity index is 1.61. The fraction of sp³-hybridized carbons (Fsp3) is 0.167. The van der Waals surface area contributed by atoms with Crippen LogP contribution in [0.3, 0.4) is 0 Å². The van der Waals surface area contributed by atoms with Crippen LogP contribution in [0.15, 0.2) is 60.0 Å². The number of carbonyl (C=O) groups excluding carboxylic acids is 1. The molecule has 0 atom stereocenters. The first-order valence-electron chi connectivity index (χ1n) is 7.66. The molecule has 25 heavy (non-hydrogen) atoms. The van der Waals surface area contributed by atoms with E-state index in [0.717, 1.165) is 10.8 Å². The van der Waals surface area contributed by atoms with Crippen LogP contribution in [-0.2, 0) is 0 Å². The zero-order valence-electron chi connectivity index (χ0n) is 13.6. The van der Waals surface area contributed by atoms with E-state index in [0.29, 0.717) is 28.7 Å². The number of aromatic nitrogens is 3. The number of benzene rings is 2. The lowest BCUT2D eigenvalue weighted by Crippen LogP contribution is -2.05. The summed E-state index contributed by atoms with van der Waals surface area (Å²) in [6, 6.07) is 14.7. The fourth-order valence-electron chi connectivity index (χ4n) is 2.29. The number of ketones is 1. The zero-order chi connectivity index (χ0) is 17.6. The SMILES string of the molecule is CC(=O)c1ccccc1OCCSc1nncn1-c1cccc(Cl)c1. The Labute approximate surface area is 155 Å². The number of halogens is 1. The van der Waals surface area contributed by atoms with Crippen molar-refractivity contribution in [2.24, 2.45) is 0 Å². The van der Waals surface area contributed by atoms with Gasteiger partial charge in [0.25, 0.3) is 0 Å². The first kappa shape index (κ1) is 17.5. The second kappa shape index (κ2) is 8.18. The smallest absolute Gasteiger partial charge is 0.195 e. The van der Waals surface area contributed by atoms with Gasteiger partial charge in [-0.1, -0.05) is 41.6 Å². The van der Waals surface area contributed by atoms with E-state index in [9.17, 15) is 4.79 Å². The quantitative estimate of drug-likeness (QED) is 0.351. The lowest BCUT2D eigenvalue weighted by molar-refractivity contribution is 0.101. The van der Waals surface area contributed by atoms with Crippen LogP contribution in [0.25, 0.3) is 5.69 Å².